The zero-order chi connectivity index (χ0) is 19.8. The minimum absolute atomic E-state index is 0.254. The van der Waals surface area contributed by atoms with Crippen LogP contribution in [0.5, 0.6) is 0 Å². The van der Waals surface area contributed by atoms with E-state index in [-0.39, 0.29) is 5.56 Å². The molecule has 138 valence electrons. The first-order valence-corrected chi connectivity index (χ1v) is 8.52. The van der Waals surface area contributed by atoms with Gasteiger partial charge in [-0.3, -0.25) is 14.9 Å². The number of primary amides is 1. The van der Waals surface area contributed by atoms with Crippen LogP contribution in [0.15, 0.2) is 54.6 Å². The molecule has 3 rings (SSSR count). The van der Waals surface area contributed by atoms with Gasteiger partial charge in [0.25, 0.3) is 6.04 Å². The van der Waals surface area contributed by atoms with Gasteiger partial charge < -0.3 is 10.8 Å². The highest BCUT2D eigenvalue weighted by Gasteiger charge is 2.70. The number of carbonyl (C=O) groups excluding carboxylic acids is 1. The van der Waals surface area contributed by atoms with Crippen LogP contribution in [-0.4, -0.2) is 22.0 Å². The Kier molecular flexibility index (Phi) is 4.64. The fraction of sp³-hybridized carbons (Fsp3) is 0.263. The average Bonchev–Trinajstić information content (AvgIpc) is 2.94. The van der Waals surface area contributed by atoms with Crippen molar-refractivity contribution >= 4 is 17.5 Å². The maximum Gasteiger partial charge on any atom is 0.254 e. The van der Waals surface area contributed by atoms with Crippen molar-refractivity contribution in [1.29, 1.82) is 5.26 Å². The minimum atomic E-state index is -2.04. The van der Waals surface area contributed by atoms with Crippen LogP contribution < -0.4 is 5.73 Å². The number of benzene rings is 2. The average molecular weight is 386 g/mol. The summed E-state index contributed by atoms with van der Waals surface area (Å²) in [5, 5.41) is 33.6. The number of nitrogens with zero attached hydrogens (tertiary/aromatic N) is 2. The molecule has 3 N–H and O–H groups in total. The van der Waals surface area contributed by atoms with Crippen molar-refractivity contribution in [3.05, 3.63) is 80.9 Å². The van der Waals surface area contributed by atoms with E-state index in [4.69, 9.17) is 17.3 Å². The van der Waals surface area contributed by atoms with Gasteiger partial charge in [-0.2, -0.15) is 5.26 Å². The van der Waals surface area contributed by atoms with Gasteiger partial charge in [0.2, 0.25) is 5.91 Å². The highest BCUT2D eigenvalue weighted by atomic mass is 35.5. The molecule has 7 nitrogen and oxygen atoms in total. The molecule has 2 aromatic rings. The molecule has 0 bridgehead atoms. The van der Waals surface area contributed by atoms with Gasteiger partial charge in [0, 0.05) is 16.4 Å². The zero-order valence-corrected chi connectivity index (χ0v) is 14.8. The first kappa shape index (κ1) is 18.8. The van der Waals surface area contributed by atoms with Crippen molar-refractivity contribution in [2.24, 2.45) is 11.1 Å². The van der Waals surface area contributed by atoms with Crippen molar-refractivity contribution in [2.75, 3.05) is 0 Å². The van der Waals surface area contributed by atoms with Crippen LogP contribution in [-0.2, 0) is 10.4 Å². The molecule has 0 heterocycles. The Labute approximate surface area is 160 Å². The summed E-state index contributed by atoms with van der Waals surface area (Å²) in [4.78, 5) is 23.7. The molecule has 0 spiro atoms. The van der Waals surface area contributed by atoms with Crippen molar-refractivity contribution < 1.29 is 14.8 Å². The van der Waals surface area contributed by atoms with Gasteiger partial charge in [0.1, 0.15) is 0 Å². The molecule has 1 saturated carbocycles. The summed E-state index contributed by atoms with van der Waals surface area (Å²) in [6, 6.07) is 14.3. The fourth-order valence-corrected chi connectivity index (χ4v) is 4.15. The maximum absolute atomic E-state index is 12.3. The molecule has 0 saturated heterocycles. The fourth-order valence-electron chi connectivity index (χ4n) is 4.02. The molecule has 1 aliphatic rings. The van der Waals surface area contributed by atoms with Crippen LogP contribution in [0.2, 0.25) is 5.02 Å². The second-order valence-corrected chi connectivity index (χ2v) is 7.11. The van der Waals surface area contributed by atoms with Gasteiger partial charge in [0.15, 0.2) is 11.0 Å². The van der Waals surface area contributed by atoms with Crippen molar-refractivity contribution in [2.45, 2.75) is 24.0 Å². The summed E-state index contributed by atoms with van der Waals surface area (Å²) in [6.45, 7) is 0. The molecule has 0 aliphatic heterocycles. The Bertz CT molecular complexity index is 928. The lowest BCUT2D eigenvalue weighted by molar-refractivity contribution is -0.547. The van der Waals surface area contributed by atoms with Gasteiger partial charge >= 0.3 is 0 Å². The standard InChI is InChI=1S/C19H16ClN3O4/c20-14-8-6-12(7-9-14)15-16(23(26)27)19(25,13-4-2-1-3-5-13)10-18(15,11-21)17(22)24/h1-9,15-16,25H,10H2,(H2,22,24)/t15-,16-,18-,19-/m0/s1. The lowest BCUT2D eigenvalue weighted by Gasteiger charge is -2.27. The van der Waals surface area contributed by atoms with E-state index in [0.29, 0.717) is 10.6 Å². The third-order valence-electron chi connectivity index (χ3n) is 5.25. The van der Waals surface area contributed by atoms with Crippen molar-refractivity contribution in [3.8, 4) is 6.07 Å². The molecule has 1 aliphatic carbocycles. The lowest BCUT2D eigenvalue weighted by atomic mass is 9.74. The molecule has 1 amide bonds. The second kappa shape index (κ2) is 6.65. The summed E-state index contributed by atoms with van der Waals surface area (Å²) in [7, 11) is 0. The number of hydrogen-bond acceptors (Lipinski definition) is 5. The molecular weight excluding hydrogens is 370 g/mol. The number of hydrogen-bond donors (Lipinski definition) is 2. The molecule has 27 heavy (non-hydrogen) atoms. The van der Waals surface area contributed by atoms with Crippen molar-refractivity contribution in [3.63, 3.8) is 0 Å². The number of halogens is 1. The normalized spacial score (nSPS) is 29.8. The van der Waals surface area contributed by atoms with Crippen molar-refractivity contribution in [1.82, 2.24) is 0 Å². The number of nitriles is 1. The van der Waals surface area contributed by atoms with Gasteiger partial charge in [-0.05, 0) is 23.3 Å². The monoisotopic (exact) mass is 385 g/mol. The van der Waals surface area contributed by atoms with Crippen LogP contribution in [0.25, 0.3) is 0 Å². The number of nitro groups is 1. The van der Waals surface area contributed by atoms with E-state index in [0.717, 1.165) is 0 Å². The van der Waals surface area contributed by atoms with E-state index in [1.807, 2.05) is 6.07 Å². The van der Waals surface area contributed by atoms with Gasteiger partial charge in [-0.15, -0.1) is 0 Å². The summed E-state index contributed by atoms with van der Waals surface area (Å²) in [5.74, 6) is -2.25. The molecule has 1 fully saturated rings. The maximum atomic E-state index is 12.3. The molecule has 0 aromatic heterocycles. The minimum Gasteiger partial charge on any atom is -0.378 e. The molecule has 0 radical (unpaired) electrons. The smallest absolute Gasteiger partial charge is 0.254 e. The topological polar surface area (TPSA) is 130 Å². The number of aliphatic hydroxyl groups is 1. The largest absolute Gasteiger partial charge is 0.378 e. The molecule has 2 aromatic carbocycles. The van der Waals surface area contributed by atoms with E-state index < -0.39 is 40.2 Å². The van der Waals surface area contributed by atoms with Crippen LogP contribution in [0.3, 0.4) is 0 Å². The highest BCUT2D eigenvalue weighted by Crippen LogP contribution is 2.58. The zero-order valence-electron chi connectivity index (χ0n) is 14.1. The first-order chi connectivity index (χ1) is 12.8. The number of carbonyl (C=O) groups is 1. The Balaban J connectivity index is 2.29. The van der Waals surface area contributed by atoms with Gasteiger partial charge in [0.05, 0.1) is 12.0 Å². The Morgan fingerprint density at radius 2 is 1.85 bits per heavy atom. The number of amides is 1. The van der Waals surface area contributed by atoms with Gasteiger partial charge in [-0.25, -0.2) is 0 Å². The summed E-state index contributed by atoms with van der Waals surface area (Å²) < 4.78 is 0. The first-order valence-electron chi connectivity index (χ1n) is 8.14. The predicted molar refractivity (Wildman–Crippen MR) is 97.2 cm³/mol. The summed E-state index contributed by atoms with van der Waals surface area (Å²) in [6.07, 6.45) is -0.477. The Morgan fingerprint density at radius 1 is 1.26 bits per heavy atom. The quantitative estimate of drug-likeness (QED) is 0.616. The molecule has 8 heteroatoms. The summed E-state index contributed by atoms with van der Waals surface area (Å²) >= 11 is 5.90. The SMILES string of the molecule is N#C[C@@]1(C(N)=O)C[C@](O)(c2ccccc2)[C@@H]([N+](=O)[O-])[C@@H]1c1ccc(Cl)cc1. The van der Waals surface area contributed by atoms with E-state index in [2.05, 4.69) is 0 Å². The molecular formula is C19H16ClN3O4. The number of rotatable bonds is 4. The highest BCUT2D eigenvalue weighted by molar-refractivity contribution is 6.30. The second-order valence-electron chi connectivity index (χ2n) is 6.67. The third kappa shape index (κ3) is 2.83. The van der Waals surface area contributed by atoms with E-state index in [9.17, 15) is 25.3 Å². The molecule has 4 atom stereocenters. The van der Waals surface area contributed by atoms with Crippen LogP contribution >= 0.6 is 11.6 Å². The van der Waals surface area contributed by atoms with E-state index >= 15 is 0 Å². The summed E-state index contributed by atoms with van der Waals surface area (Å²) in [5.41, 5.74) is 2.15. The van der Waals surface area contributed by atoms with Crippen LogP contribution in [0.4, 0.5) is 0 Å². The predicted octanol–water partition coefficient (Wildman–Crippen LogP) is 2.36. The lowest BCUT2D eigenvalue weighted by Crippen LogP contribution is -2.43. The van der Waals surface area contributed by atoms with E-state index in [1.54, 1.807) is 18.2 Å². The molecule has 0 unspecified atom stereocenters. The van der Waals surface area contributed by atoms with Gasteiger partial charge in [-0.1, -0.05) is 54.1 Å². The Hall–Kier alpha value is -2.95. The number of nitrogens with two attached hydrogens (primary N) is 1. The van der Waals surface area contributed by atoms with Crippen LogP contribution in [0.1, 0.15) is 23.5 Å². The van der Waals surface area contributed by atoms with E-state index in [1.165, 1.54) is 36.4 Å². The Morgan fingerprint density at radius 3 is 2.33 bits per heavy atom. The third-order valence-corrected chi connectivity index (χ3v) is 5.51. The van der Waals surface area contributed by atoms with Crippen LogP contribution in [0, 0.1) is 26.9 Å².